The van der Waals surface area contributed by atoms with Crippen molar-refractivity contribution in [3.63, 3.8) is 0 Å². The quantitative estimate of drug-likeness (QED) is 0.596. The van der Waals surface area contributed by atoms with Gasteiger partial charge in [-0.1, -0.05) is 6.92 Å². The van der Waals surface area contributed by atoms with Gasteiger partial charge in [-0.15, -0.1) is 0 Å². The first kappa shape index (κ1) is 16.7. The monoisotopic (exact) mass is 307 g/mol. The first-order chi connectivity index (χ1) is 10.5. The van der Waals surface area contributed by atoms with Crippen LogP contribution in [0.3, 0.4) is 0 Å². The summed E-state index contributed by atoms with van der Waals surface area (Å²) in [6.45, 7) is 11.4. The van der Waals surface area contributed by atoms with E-state index in [4.69, 9.17) is 4.74 Å². The first-order valence-corrected chi connectivity index (χ1v) is 7.86. The number of nitrogens with zero attached hydrogens (tertiary/aromatic N) is 3. The summed E-state index contributed by atoms with van der Waals surface area (Å²) in [6, 6.07) is 7.34. The van der Waals surface area contributed by atoms with E-state index in [0.717, 1.165) is 26.2 Å². The van der Waals surface area contributed by atoms with Gasteiger partial charge in [0.15, 0.2) is 0 Å². The maximum Gasteiger partial charge on any atom is 0.269 e. The zero-order valence-corrected chi connectivity index (χ0v) is 13.6. The summed E-state index contributed by atoms with van der Waals surface area (Å²) in [6.07, 6.45) is 0. The fourth-order valence-electron chi connectivity index (χ4n) is 2.97. The van der Waals surface area contributed by atoms with Crippen molar-refractivity contribution in [2.75, 3.05) is 32.8 Å². The topological polar surface area (TPSA) is 58.8 Å². The number of likely N-dealkylation sites (N-methyl/N-ethyl adjacent to an activating group) is 1. The van der Waals surface area contributed by atoms with Crippen molar-refractivity contribution in [1.29, 1.82) is 0 Å². The second kappa shape index (κ2) is 7.56. The van der Waals surface area contributed by atoms with E-state index in [9.17, 15) is 10.1 Å². The lowest BCUT2D eigenvalue weighted by Gasteiger charge is -2.43. The van der Waals surface area contributed by atoms with Crippen LogP contribution >= 0.6 is 0 Å². The van der Waals surface area contributed by atoms with Crippen LogP contribution in [-0.4, -0.2) is 59.6 Å². The third-order valence-electron chi connectivity index (χ3n) is 4.35. The number of nitro benzene ring substituents is 1. The van der Waals surface area contributed by atoms with Crippen LogP contribution in [0.1, 0.15) is 20.8 Å². The van der Waals surface area contributed by atoms with E-state index in [0.29, 0.717) is 24.4 Å². The summed E-state index contributed by atoms with van der Waals surface area (Å²) in [7, 11) is 0. The van der Waals surface area contributed by atoms with Crippen molar-refractivity contribution in [3.05, 3.63) is 34.4 Å². The molecule has 1 heterocycles. The van der Waals surface area contributed by atoms with Crippen LogP contribution in [0.2, 0.25) is 0 Å². The summed E-state index contributed by atoms with van der Waals surface area (Å²) in [4.78, 5) is 15.1. The highest BCUT2D eigenvalue weighted by Gasteiger charge is 2.27. The molecule has 2 rings (SSSR count). The highest BCUT2D eigenvalue weighted by atomic mass is 16.6. The van der Waals surface area contributed by atoms with E-state index < -0.39 is 4.92 Å². The average Bonchev–Trinajstić information content (AvgIpc) is 2.50. The van der Waals surface area contributed by atoms with Crippen LogP contribution in [0.4, 0.5) is 5.69 Å². The summed E-state index contributed by atoms with van der Waals surface area (Å²) in [5.74, 6) is 0.679. The first-order valence-electron chi connectivity index (χ1n) is 7.86. The molecule has 1 aromatic rings. The van der Waals surface area contributed by atoms with Crippen molar-refractivity contribution in [2.45, 2.75) is 32.9 Å². The molecule has 0 radical (unpaired) electrons. The smallest absolute Gasteiger partial charge is 0.269 e. The van der Waals surface area contributed by atoms with Gasteiger partial charge in [-0.2, -0.15) is 0 Å². The third kappa shape index (κ3) is 4.18. The molecule has 2 atom stereocenters. The maximum absolute atomic E-state index is 10.6. The van der Waals surface area contributed by atoms with Crippen LogP contribution in [0, 0.1) is 10.1 Å². The molecule has 0 unspecified atom stereocenters. The largest absolute Gasteiger partial charge is 0.492 e. The van der Waals surface area contributed by atoms with E-state index in [1.807, 2.05) is 0 Å². The summed E-state index contributed by atoms with van der Waals surface area (Å²) in [5, 5.41) is 10.6. The molecule has 1 aliphatic heterocycles. The molecule has 6 heteroatoms. The minimum Gasteiger partial charge on any atom is -0.492 e. The van der Waals surface area contributed by atoms with Crippen molar-refractivity contribution in [2.24, 2.45) is 0 Å². The van der Waals surface area contributed by atoms with Crippen LogP contribution in [0.25, 0.3) is 0 Å². The van der Waals surface area contributed by atoms with Crippen molar-refractivity contribution >= 4 is 5.69 Å². The maximum atomic E-state index is 10.6. The van der Waals surface area contributed by atoms with Gasteiger partial charge in [0.1, 0.15) is 12.4 Å². The zero-order valence-electron chi connectivity index (χ0n) is 13.6. The van der Waals surface area contributed by atoms with E-state index in [2.05, 4.69) is 30.6 Å². The molecule has 1 aliphatic rings. The van der Waals surface area contributed by atoms with Gasteiger partial charge in [-0.25, -0.2) is 0 Å². The predicted octanol–water partition coefficient (Wildman–Crippen LogP) is 2.39. The molecule has 6 nitrogen and oxygen atoms in total. The summed E-state index contributed by atoms with van der Waals surface area (Å²) >= 11 is 0. The molecule has 0 saturated carbocycles. The fourth-order valence-corrected chi connectivity index (χ4v) is 2.97. The van der Waals surface area contributed by atoms with E-state index in [-0.39, 0.29) is 5.69 Å². The number of nitro groups is 1. The van der Waals surface area contributed by atoms with E-state index >= 15 is 0 Å². The number of ether oxygens (including phenoxy) is 1. The molecular weight excluding hydrogens is 282 g/mol. The molecule has 122 valence electrons. The summed E-state index contributed by atoms with van der Waals surface area (Å²) < 4.78 is 5.70. The van der Waals surface area contributed by atoms with Gasteiger partial charge in [-0.3, -0.25) is 19.9 Å². The van der Waals surface area contributed by atoms with E-state index in [1.165, 1.54) is 12.1 Å². The number of benzene rings is 1. The third-order valence-corrected chi connectivity index (χ3v) is 4.35. The zero-order chi connectivity index (χ0) is 16.1. The second-order valence-corrected chi connectivity index (χ2v) is 5.88. The van der Waals surface area contributed by atoms with Crippen LogP contribution < -0.4 is 4.74 Å². The molecule has 1 aromatic carbocycles. The highest BCUT2D eigenvalue weighted by Crippen LogP contribution is 2.18. The molecule has 0 aliphatic carbocycles. The Balaban J connectivity index is 1.79. The van der Waals surface area contributed by atoms with E-state index in [1.54, 1.807) is 12.1 Å². The molecular formula is C16H25N3O3. The van der Waals surface area contributed by atoms with Crippen molar-refractivity contribution in [1.82, 2.24) is 9.80 Å². The SMILES string of the molecule is CCN1C[C@H](C)N(CCOc2ccc([N+](=O)[O-])cc2)C[C@@H]1C. The minimum atomic E-state index is -0.403. The Kier molecular flexibility index (Phi) is 5.74. The Morgan fingerprint density at radius 3 is 2.36 bits per heavy atom. The van der Waals surface area contributed by atoms with Crippen molar-refractivity contribution in [3.8, 4) is 5.75 Å². The van der Waals surface area contributed by atoms with Gasteiger partial charge in [0, 0.05) is 43.9 Å². The normalized spacial score (nSPS) is 23.4. The van der Waals surface area contributed by atoms with Gasteiger partial charge in [-0.05, 0) is 32.5 Å². The lowest BCUT2D eigenvalue weighted by atomic mass is 10.1. The molecule has 0 spiro atoms. The van der Waals surface area contributed by atoms with Crippen molar-refractivity contribution < 1.29 is 9.66 Å². The van der Waals surface area contributed by atoms with Gasteiger partial charge < -0.3 is 4.74 Å². The van der Waals surface area contributed by atoms with Gasteiger partial charge in [0.2, 0.25) is 0 Å². The van der Waals surface area contributed by atoms with Crippen LogP contribution in [0.15, 0.2) is 24.3 Å². The van der Waals surface area contributed by atoms with Gasteiger partial charge >= 0.3 is 0 Å². The molecule has 0 aromatic heterocycles. The lowest BCUT2D eigenvalue weighted by molar-refractivity contribution is -0.384. The number of piperazine rings is 1. The Bertz CT molecular complexity index is 492. The number of non-ortho nitro benzene ring substituents is 1. The Hall–Kier alpha value is -1.66. The van der Waals surface area contributed by atoms with Gasteiger partial charge in [0.25, 0.3) is 5.69 Å². The molecule has 22 heavy (non-hydrogen) atoms. The van der Waals surface area contributed by atoms with Gasteiger partial charge in [0.05, 0.1) is 4.92 Å². The summed E-state index contributed by atoms with van der Waals surface area (Å²) in [5.41, 5.74) is 0.0884. The Labute approximate surface area is 131 Å². The number of rotatable bonds is 6. The Morgan fingerprint density at radius 2 is 1.77 bits per heavy atom. The second-order valence-electron chi connectivity index (χ2n) is 5.88. The molecule has 0 N–H and O–H groups in total. The molecule has 0 bridgehead atoms. The minimum absolute atomic E-state index is 0.0884. The molecule has 0 amide bonds. The highest BCUT2D eigenvalue weighted by molar-refractivity contribution is 5.35. The number of hydrogen-bond acceptors (Lipinski definition) is 5. The Morgan fingerprint density at radius 1 is 1.18 bits per heavy atom. The number of hydrogen-bond donors (Lipinski definition) is 0. The molecule has 1 fully saturated rings. The standard InChI is InChI=1S/C16H25N3O3/c1-4-17-11-14(3)18(12-13(17)2)9-10-22-16-7-5-15(6-8-16)19(20)21/h5-8,13-14H,4,9-12H2,1-3H3/t13-,14-/m0/s1. The van der Waals surface area contributed by atoms with Crippen LogP contribution in [0.5, 0.6) is 5.75 Å². The molecule has 1 saturated heterocycles. The average molecular weight is 307 g/mol. The van der Waals surface area contributed by atoms with Crippen LogP contribution in [-0.2, 0) is 0 Å². The predicted molar refractivity (Wildman–Crippen MR) is 86.3 cm³/mol. The fraction of sp³-hybridized carbons (Fsp3) is 0.625. The lowest BCUT2D eigenvalue weighted by Crippen LogP contribution is -2.56.